The van der Waals surface area contributed by atoms with E-state index in [9.17, 15) is 18.0 Å². The van der Waals surface area contributed by atoms with Crippen LogP contribution in [0.2, 0.25) is 5.02 Å². The third kappa shape index (κ3) is 9.01. The van der Waals surface area contributed by atoms with E-state index in [1.807, 2.05) is 0 Å². The lowest BCUT2D eigenvalue weighted by atomic mass is 10.1. The van der Waals surface area contributed by atoms with Crippen LogP contribution in [0.5, 0.6) is 23.0 Å². The maximum absolute atomic E-state index is 15.0. The number of urea groups is 1. The molecule has 0 saturated carbocycles. The van der Waals surface area contributed by atoms with Crippen LogP contribution in [-0.4, -0.2) is 55.5 Å². The van der Waals surface area contributed by atoms with Crippen LogP contribution in [0, 0.1) is 5.82 Å². The molecule has 1 saturated heterocycles. The van der Waals surface area contributed by atoms with Gasteiger partial charge in [0.25, 0.3) is 0 Å². The van der Waals surface area contributed by atoms with Gasteiger partial charge in [0, 0.05) is 30.4 Å². The van der Waals surface area contributed by atoms with Crippen molar-refractivity contribution in [2.24, 2.45) is 4.99 Å². The van der Waals surface area contributed by atoms with Gasteiger partial charge in [-0.2, -0.15) is 18.2 Å². The summed E-state index contributed by atoms with van der Waals surface area (Å²) in [6.45, 7) is 3.76. The standard InChI is InChI=1S/C33H32ClF4N5O4/c1-45-30-18-23-27(19-31(30)46-15-5-14-43-12-3-2-4-13-43)39-11-10-28(23)47-29-9-6-21(16-26(29)35)20-40-32(44)42-41-22-7-8-25(34)24(17-22)33(36,37)38/h6-11,16-20,41H,2-5,12-15H2,1H3,(H,42,44)/b40-20+. The number of halogens is 5. The number of amides is 2. The number of fused-ring (bicyclic) bond motifs is 1. The first-order valence-electron chi connectivity index (χ1n) is 14.9. The molecule has 2 amide bonds. The van der Waals surface area contributed by atoms with Crippen LogP contribution in [0.4, 0.5) is 28.0 Å². The second-order valence-electron chi connectivity index (χ2n) is 10.7. The fourth-order valence-electron chi connectivity index (χ4n) is 5.05. The zero-order chi connectivity index (χ0) is 33.4. The van der Waals surface area contributed by atoms with Gasteiger partial charge < -0.3 is 19.1 Å². The van der Waals surface area contributed by atoms with Crippen molar-refractivity contribution in [2.75, 3.05) is 38.8 Å². The maximum Gasteiger partial charge on any atom is 0.417 e. The monoisotopic (exact) mass is 673 g/mol. The SMILES string of the molecule is COc1cc2c(Oc3ccc(/C=N/C(=O)NNc4ccc(Cl)c(C(F)(F)F)c4)cc3F)ccnc2cc1OCCCN1CCCCC1. The van der Waals surface area contributed by atoms with Crippen LogP contribution in [0.15, 0.2) is 65.8 Å². The van der Waals surface area contributed by atoms with E-state index in [-0.39, 0.29) is 17.0 Å². The average Bonchev–Trinajstić information content (AvgIpc) is 3.06. The molecule has 0 bridgehead atoms. The lowest BCUT2D eigenvalue weighted by molar-refractivity contribution is -0.137. The molecule has 0 aliphatic carbocycles. The molecule has 0 spiro atoms. The minimum atomic E-state index is -4.67. The predicted octanol–water partition coefficient (Wildman–Crippen LogP) is 8.26. The Morgan fingerprint density at radius 2 is 1.83 bits per heavy atom. The number of aliphatic imine (C=N–C) groups is 1. The van der Waals surface area contributed by atoms with Gasteiger partial charge in [-0.25, -0.2) is 14.6 Å². The lowest BCUT2D eigenvalue weighted by Crippen LogP contribution is -2.31. The fraction of sp³-hybridized carbons (Fsp3) is 0.303. The van der Waals surface area contributed by atoms with Crippen molar-refractivity contribution in [1.29, 1.82) is 0 Å². The molecule has 2 N–H and O–H groups in total. The molecule has 4 aromatic rings. The third-order valence-electron chi connectivity index (χ3n) is 7.40. The molecule has 0 unspecified atom stereocenters. The first kappa shape index (κ1) is 33.7. The molecule has 248 valence electrons. The molecule has 1 aliphatic rings. The number of methoxy groups -OCH3 is 1. The molecule has 47 heavy (non-hydrogen) atoms. The van der Waals surface area contributed by atoms with Crippen LogP contribution in [0.3, 0.4) is 0 Å². The first-order chi connectivity index (χ1) is 22.6. The first-order valence-corrected chi connectivity index (χ1v) is 15.2. The second-order valence-corrected chi connectivity index (χ2v) is 11.1. The highest BCUT2D eigenvalue weighted by atomic mass is 35.5. The number of aromatic nitrogens is 1. The molecule has 14 heteroatoms. The molecule has 2 heterocycles. The van der Waals surface area contributed by atoms with Crippen molar-refractivity contribution < 1.29 is 36.6 Å². The Labute approximate surface area is 273 Å². The molecule has 9 nitrogen and oxygen atoms in total. The number of anilines is 1. The maximum atomic E-state index is 15.0. The number of hydrazine groups is 1. The van der Waals surface area contributed by atoms with E-state index in [1.54, 1.807) is 24.4 Å². The Balaban J connectivity index is 1.20. The highest BCUT2D eigenvalue weighted by Gasteiger charge is 2.33. The van der Waals surface area contributed by atoms with Crippen LogP contribution in [0.1, 0.15) is 36.8 Å². The predicted molar refractivity (Wildman–Crippen MR) is 171 cm³/mol. The molecule has 1 fully saturated rings. The number of benzene rings is 3. The third-order valence-corrected chi connectivity index (χ3v) is 7.73. The second kappa shape index (κ2) is 15.3. The summed E-state index contributed by atoms with van der Waals surface area (Å²) in [5.41, 5.74) is 4.15. The number of piperidine rings is 1. The van der Waals surface area contributed by atoms with Crippen LogP contribution in [0.25, 0.3) is 10.9 Å². The summed E-state index contributed by atoms with van der Waals surface area (Å²) in [6.07, 6.45) is 2.62. The summed E-state index contributed by atoms with van der Waals surface area (Å²) in [5, 5.41) is 0.105. The van der Waals surface area contributed by atoms with Gasteiger partial charge in [-0.05, 0) is 86.4 Å². The number of rotatable bonds is 11. The molecular formula is C33H32ClF4N5O4. The quantitative estimate of drug-likeness (QED) is 0.0716. The molecule has 3 aromatic carbocycles. The normalized spacial score (nSPS) is 13.9. The Hall–Kier alpha value is -4.62. The summed E-state index contributed by atoms with van der Waals surface area (Å²) < 4.78 is 71.7. The summed E-state index contributed by atoms with van der Waals surface area (Å²) in [5.74, 6) is 0.577. The average molecular weight is 674 g/mol. The van der Waals surface area contributed by atoms with E-state index in [4.69, 9.17) is 25.8 Å². The van der Waals surface area contributed by atoms with E-state index in [0.717, 1.165) is 50.5 Å². The van der Waals surface area contributed by atoms with Gasteiger partial charge in [0.2, 0.25) is 0 Å². The number of carbonyl (C=O) groups excluding carboxylic acids is 1. The Morgan fingerprint density at radius 1 is 1.02 bits per heavy atom. The van der Waals surface area contributed by atoms with E-state index < -0.39 is 28.6 Å². The number of nitrogens with zero attached hydrogens (tertiary/aromatic N) is 3. The number of pyridine rings is 1. The minimum absolute atomic E-state index is 0.0638. The van der Waals surface area contributed by atoms with Gasteiger partial charge in [-0.3, -0.25) is 10.4 Å². The Bertz CT molecular complexity index is 1750. The smallest absolute Gasteiger partial charge is 0.417 e. The number of ether oxygens (including phenoxy) is 3. The summed E-state index contributed by atoms with van der Waals surface area (Å²) in [6, 6.07) is 11.2. The summed E-state index contributed by atoms with van der Waals surface area (Å²) in [7, 11) is 1.54. The van der Waals surface area contributed by atoms with E-state index in [0.29, 0.717) is 34.8 Å². The van der Waals surface area contributed by atoms with Crippen molar-refractivity contribution in [3.63, 3.8) is 0 Å². The van der Waals surface area contributed by atoms with Crippen molar-refractivity contribution in [3.05, 3.63) is 82.8 Å². The number of carbonyl (C=O) groups is 1. The summed E-state index contributed by atoms with van der Waals surface area (Å²) >= 11 is 5.60. The van der Waals surface area contributed by atoms with E-state index >= 15 is 4.39 Å². The number of hydrogen-bond acceptors (Lipinski definition) is 7. The van der Waals surface area contributed by atoms with Crippen molar-refractivity contribution in [3.8, 4) is 23.0 Å². The molecule has 1 aliphatic heterocycles. The largest absolute Gasteiger partial charge is 0.493 e. The highest BCUT2D eigenvalue weighted by Crippen LogP contribution is 2.38. The lowest BCUT2D eigenvalue weighted by Gasteiger charge is -2.26. The van der Waals surface area contributed by atoms with E-state index in [2.05, 4.69) is 25.7 Å². The van der Waals surface area contributed by atoms with Crippen molar-refractivity contribution >= 4 is 40.4 Å². The van der Waals surface area contributed by atoms with Crippen LogP contribution in [-0.2, 0) is 6.18 Å². The zero-order valence-electron chi connectivity index (χ0n) is 25.4. The molecule has 0 atom stereocenters. The van der Waals surface area contributed by atoms with Gasteiger partial charge in [-0.15, -0.1) is 0 Å². The topological polar surface area (TPSA) is 97.3 Å². The minimum Gasteiger partial charge on any atom is -0.493 e. The Kier molecular flexibility index (Phi) is 11.0. The Morgan fingerprint density at radius 3 is 2.57 bits per heavy atom. The van der Waals surface area contributed by atoms with Crippen molar-refractivity contribution in [2.45, 2.75) is 31.9 Å². The van der Waals surface area contributed by atoms with E-state index in [1.165, 1.54) is 44.6 Å². The molecule has 0 radical (unpaired) electrons. The number of nitrogens with one attached hydrogen (secondary N) is 2. The molecule has 5 rings (SSSR count). The fourth-order valence-corrected chi connectivity index (χ4v) is 5.28. The van der Waals surface area contributed by atoms with Gasteiger partial charge in [-0.1, -0.05) is 18.0 Å². The van der Waals surface area contributed by atoms with Gasteiger partial charge in [0.1, 0.15) is 5.75 Å². The van der Waals surface area contributed by atoms with Crippen molar-refractivity contribution in [1.82, 2.24) is 15.3 Å². The number of alkyl halides is 3. The van der Waals surface area contributed by atoms with Crippen LogP contribution >= 0.6 is 11.6 Å². The van der Waals surface area contributed by atoms with Gasteiger partial charge in [0.15, 0.2) is 23.1 Å². The zero-order valence-corrected chi connectivity index (χ0v) is 26.1. The van der Waals surface area contributed by atoms with Gasteiger partial charge >= 0.3 is 12.2 Å². The highest BCUT2D eigenvalue weighted by molar-refractivity contribution is 6.31. The molecule has 1 aromatic heterocycles. The summed E-state index contributed by atoms with van der Waals surface area (Å²) in [4.78, 5) is 22.6. The molecular weight excluding hydrogens is 642 g/mol. The number of hydrogen-bond donors (Lipinski definition) is 2. The van der Waals surface area contributed by atoms with Gasteiger partial charge in [0.05, 0.1) is 35.5 Å². The van der Waals surface area contributed by atoms with Crippen LogP contribution < -0.4 is 25.1 Å². The number of likely N-dealkylation sites (tertiary alicyclic amines) is 1.